The largest absolute Gasteiger partial charge is 0.480 e. The van der Waals surface area contributed by atoms with Gasteiger partial charge in [-0.1, -0.05) is 6.92 Å². The van der Waals surface area contributed by atoms with E-state index in [-0.39, 0.29) is 0 Å². The fourth-order valence-electron chi connectivity index (χ4n) is 1.79. The molecule has 4 heteroatoms. The lowest BCUT2D eigenvalue weighted by Gasteiger charge is -2.35. The first kappa shape index (κ1) is 10.0. The molecule has 1 saturated carbocycles. The van der Waals surface area contributed by atoms with Crippen LogP contribution in [0.15, 0.2) is 0 Å². The van der Waals surface area contributed by atoms with Crippen LogP contribution in [0.2, 0.25) is 0 Å². The highest BCUT2D eigenvalue weighted by Crippen LogP contribution is 2.31. The van der Waals surface area contributed by atoms with Gasteiger partial charge >= 0.3 is 5.97 Å². The zero-order valence-corrected chi connectivity index (χ0v) is 7.75. The van der Waals surface area contributed by atoms with E-state index in [0.717, 1.165) is 12.8 Å². The van der Waals surface area contributed by atoms with E-state index in [0.29, 0.717) is 25.2 Å². The molecule has 0 heterocycles. The van der Waals surface area contributed by atoms with Gasteiger partial charge in [0.25, 0.3) is 0 Å². The number of carboxylic acid groups (broad SMARTS) is 1. The first-order valence-electron chi connectivity index (χ1n) is 4.55. The Balaban J connectivity index is 2.68. The highest BCUT2D eigenvalue weighted by Gasteiger charge is 2.40. The number of aliphatic carboxylic acids is 1. The molecule has 0 aromatic carbocycles. The summed E-state index contributed by atoms with van der Waals surface area (Å²) in [7, 11) is 0. The van der Waals surface area contributed by atoms with E-state index >= 15 is 0 Å². The quantitative estimate of drug-likeness (QED) is 0.638. The van der Waals surface area contributed by atoms with Crippen molar-refractivity contribution in [3.63, 3.8) is 0 Å². The van der Waals surface area contributed by atoms with Gasteiger partial charge < -0.3 is 10.4 Å². The summed E-state index contributed by atoms with van der Waals surface area (Å²) in [5.74, 6) is -0.340. The van der Waals surface area contributed by atoms with Gasteiger partial charge in [0.2, 0.25) is 6.41 Å². The molecular weight excluding hydrogens is 170 g/mol. The molecule has 1 fully saturated rings. The number of nitrogens with one attached hydrogen (secondary N) is 1. The van der Waals surface area contributed by atoms with Crippen LogP contribution in [0.5, 0.6) is 0 Å². The maximum absolute atomic E-state index is 11.0. The standard InChI is InChI=1S/C9H15NO3/c1-7-2-4-9(5-3-7,8(12)13)10-6-11/h6-7H,2-5H2,1H3,(H,10,11)(H,12,13). The molecule has 13 heavy (non-hydrogen) atoms. The zero-order valence-electron chi connectivity index (χ0n) is 7.75. The van der Waals surface area contributed by atoms with Crippen molar-refractivity contribution < 1.29 is 14.7 Å². The van der Waals surface area contributed by atoms with E-state index in [1.807, 2.05) is 0 Å². The van der Waals surface area contributed by atoms with Crippen molar-refractivity contribution in [1.29, 1.82) is 0 Å². The van der Waals surface area contributed by atoms with Crippen LogP contribution < -0.4 is 5.32 Å². The van der Waals surface area contributed by atoms with Crippen LogP contribution in [-0.2, 0) is 9.59 Å². The predicted molar refractivity (Wildman–Crippen MR) is 47.2 cm³/mol. The van der Waals surface area contributed by atoms with Crippen LogP contribution in [0.3, 0.4) is 0 Å². The van der Waals surface area contributed by atoms with E-state index in [2.05, 4.69) is 12.2 Å². The Hall–Kier alpha value is -1.06. The van der Waals surface area contributed by atoms with Crippen molar-refractivity contribution in [3.05, 3.63) is 0 Å². The lowest BCUT2D eigenvalue weighted by atomic mass is 9.77. The minimum atomic E-state index is -0.992. The number of carboxylic acids is 1. The summed E-state index contributed by atoms with van der Waals surface area (Å²) in [6.07, 6.45) is 3.31. The average molecular weight is 185 g/mol. The molecule has 0 aromatic heterocycles. The predicted octanol–water partition coefficient (Wildman–Crippen LogP) is 0.766. The Bertz CT molecular complexity index is 207. The molecule has 74 valence electrons. The van der Waals surface area contributed by atoms with Gasteiger partial charge in [0.05, 0.1) is 0 Å². The van der Waals surface area contributed by atoms with Crippen LogP contribution >= 0.6 is 0 Å². The van der Waals surface area contributed by atoms with E-state index in [1.54, 1.807) is 0 Å². The monoisotopic (exact) mass is 185 g/mol. The molecule has 1 rings (SSSR count). The van der Waals surface area contributed by atoms with Crippen molar-refractivity contribution in [1.82, 2.24) is 5.32 Å². The first-order chi connectivity index (χ1) is 6.10. The molecule has 2 N–H and O–H groups in total. The van der Waals surface area contributed by atoms with Crippen LogP contribution in [-0.4, -0.2) is 23.0 Å². The van der Waals surface area contributed by atoms with Crippen LogP contribution in [0.25, 0.3) is 0 Å². The molecule has 0 atom stereocenters. The normalized spacial score (nSPS) is 33.8. The van der Waals surface area contributed by atoms with Crippen LogP contribution in [0.1, 0.15) is 32.6 Å². The van der Waals surface area contributed by atoms with Gasteiger partial charge in [-0.2, -0.15) is 0 Å². The summed E-state index contributed by atoms with van der Waals surface area (Å²) in [5, 5.41) is 11.4. The van der Waals surface area contributed by atoms with E-state index < -0.39 is 11.5 Å². The number of rotatable bonds is 3. The summed E-state index contributed by atoms with van der Waals surface area (Å²) in [6.45, 7) is 2.10. The van der Waals surface area contributed by atoms with Gasteiger partial charge in [-0.15, -0.1) is 0 Å². The van der Waals surface area contributed by atoms with E-state index in [1.165, 1.54) is 0 Å². The van der Waals surface area contributed by atoms with Gasteiger partial charge in [0.15, 0.2) is 0 Å². The maximum atomic E-state index is 11.0. The van der Waals surface area contributed by atoms with Gasteiger partial charge in [-0.25, -0.2) is 4.79 Å². The Morgan fingerprint density at radius 3 is 2.46 bits per heavy atom. The lowest BCUT2D eigenvalue weighted by Crippen LogP contribution is -2.53. The van der Waals surface area contributed by atoms with Crippen molar-refractivity contribution in [3.8, 4) is 0 Å². The topological polar surface area (TPSA) is 66.4 Å². The number of amides is 1. The Morgan fingerprint density at radius 1 is 1.54 bits per heavy atom. The number of hydrogen-bond acceptors (Lipinski definition) is 2. The molecule has 1 aliphatic rings. The zero-order chi connectivity index (χ0) is 9.90. The summed E-state index contributed by atoms with van der Waals surface area (Å²) in [5.41, 5.74) is -0.992. The SMILES string of the molecule is CC1CCC(NC=O)(C(=O)O)CC1. The third kappa shape index (κ3) is 1.99. The first-order valence-corrected chi connectivity index (χ1v) is 4.55. The summed E-state index contributed by atoms with van der Waals surface area (Å²) < 4.78 is 0. The highest BCUT2D eigenvalue weighted by atomic mass is 16.4. The molecule has 0 unspecified atom stereocenters. The molecular formula is C9H15NO3. The van der Waals surface area contributed by atoms with Gasteiger partial charge in [-0.05, 0) is 31.6 Å². The van der Waals surface area contributed by atoms with Gasteiger partial charge in [0.1, 0.15) is 5.54 Å². The molecule has 0 aliphatic heterocycles. The van der Waals surface area contributed by atoms with Crippen molar-refractivity contribution in [2.45, 2.75) is 38.1 Å². The molecule has 1 amide bonds. The fourth-order valence-corrected chi connectivity index (χ4v) is 1.79. The Labute approximate surface area is 77.3 Å². The number of hydrogen-bond donors (Lipinski definition) is 2. The molecule has 0 aromatic rings. The van der Waals surface area contributed by atoms with Crippen molar-refractivity contribution in [2.24, 2.45) is 5.92 Å². The Morgan fingerprint density at radius 2 is 2.08 bits per heavy atom. The maximum Gasteiger partial charge on any atom is 0.329 e. The third-order valence-corrected chi connectivity index (χ3v) is 2.87. The molecule has 1 aliphatic carbocycles. The molecule has 0 radical (unpaired) electrons. The summed E-state index contributed by atoms with van der Waals surface area (Å²) >= 11 is 0. The minimum absolute atomic E-state index is 0.490. The highest BCUT2D eigenvalue weighted by molar-refractivity contribution is 5.81. The molecule has 0 bridgehead atoms. The second-order valence-corrected chi connectivity index (χ2v) is 3.83. The van der Waals surface area contributed by atoms with E-state index in [9.17, 15) is 9.59 Å². The molecule has 0 saturated heterocycles. The average Bonchev–Trinajstić information content (AvgIpc) is 2.09. The fraction of sp³-hybridized carbons (Fsp3) is 0.778. The summed E-state index contributed by atoms with van der Waals surface area (Å²) in [4.78, 5) is 21.2. The Kier molecular flexibility index (Phi) is 2.90. The smallest absolute Gasteiger partial charge is 0.329 e. The van der Waals surface area contributed by atoms with Crippen molar-refractivity contribution >= 4 is 12.4 Å². The summed E-state index contributed by atoms with van der Waals surface area (Å²) in [6, 6.07) is 0. The van der Waals surface area contributed by atoms with Gasteiger partial charge in [-0.3, -0.25) is 4.79 Å². The number of carbonyl (C=O) groups is 2. The van der Waals surface area contributed by atoms with Crippen LogP contribution in [0, 0.1) is 5.92 Å². The van der Waals surface area contributed by atoms with Gasteiger partial charge in [0, 0.05) is 0 Å². The second kappa shape index (κ2) is 3.77. The minimum Gasteiger partial charge on any atom is -0.480 e. The molecule has 0 spiro atoms. The number of carbonyl (C=O) groups excluding carboxylic acids is 1. The second-order valence-electron chi connectivity index (χ2n) is 3.83. The van der Waals surface area contributed by atoms with Crippen molar-refractivity contribution in [2.75, 3.05) is 0 Å². The van der Waals surface area contributed by atoms with Crippen LogP contribution in [0.4, 0.5) is 0 Å². The molecule has 4 nitrogen and oxygen atoms in total. The third-order valence-electron chi connectivity index (χ3n) is 2.87. The lowest BCUT2D eigenvalue weighted by molar-refractivity contribution is -0.148. The van der Waals surface area contributed by atoms with E-state index in [4.69, 9.17) is 5.11 Å².